The summed E-state index contributed by atoms with van der Waals surface area (Å²) >= 11 is 0. The summed E-state index contributed by atoms with van der Waals surface area (Å²) in [6.07, 6.45) is 2.71. The van der Waals surface area contributed by atoms with E-state index in [1.54, 1.807) is 20.0 Å². The van der Waals surface area contributed by atoms with Crippen LogP contribution >= 0.6 is 0 Å². The fraction of sp³-hybridized carbons (Fsp3) is 0.722. The zero-order valence-corrected chi connectivity index (χ0v) is 15.8. The summed E-state index contributed by atoms with van der Waals surface area (Å²) in [6.45, 7) is 10.3. The number of aliphatic carboxylic acids is 1. The molecule has 0 saturated carbocycles. The molecule has 3 rings (SSSR count). The summed E-state index contributed by atoms with van der Waals surface area (Å²) in [5.74, 6) is 0.442. The Morgan fingerprint density at radius 1 is 1.23 bits per heavy atom. The molecule has 2 aliphatic heterocycles. The summed E-state index contributed by atoms with van der Waals surface area (Å²) in [4.78, 5) is 25.4. The molecule has 26 heavy (non-hydrogen) atoms. The number of hydrogen-bond donors (Lipinski definition) is 1. The summed E-state index contributed by atoms with van der Waals surface area (Å²) in [6, 6.07) is 0. The molecule has 8 nitrogen and oxygen atoms in total. The number of nitrogens with zero attached hydrogens (tertiary/aromatic N) is 4. The minimum atomic E-state index is -1.07. The minimum absolute atomic E-state index is 0.114. The highest BCUT2D eigenvalue weighted by Crippen LogP contribution is 2.32. The molecule has 1 aromatic heterocycles. The smallest absolute Gasteiger partial charge is 0.313 e. The third-order valence-electron chi connectivity index (χ3n) is 5.01. The van der Waals surface area contributed by atoms with Gasteiger partial charge >= 0.3 is 5.97 Å². The van der Waals surface area contributed by atoms with Crippen LogP contribution in [0.5, 0.6) is 0 Å². The van der Waals surface area contributed by atoms with Gasteiger partial charge in [0.25, 0.3) is 0 Å². The number of anilines is 2. The van der Waals surface area contributed by atoms with Gasteiger partial charge in [-0.2, -0.15) is 4.98 Å². The maximum Gasteiger partial charge on any atom is 0.313 e. The van der Waals surface area contributed by atoms with Gasteiger partial charge in [-0.25, -0.2) is 4.98 Å². The summed E-state index contributed by atoms with van der Waals surface area (Å²) < 4.78 is 11.2. The first-order chi connectivity index (χ1) is 12.4. The summed E-state index contributed by atoms with van der Waals surface area (Å²) in [5.41, 5.74) is -0.434. The van der Waals surface area contributed by atoms with Crippen molar-refractivity contribution in [2.45, 2.75) is 38.7 Å². The molecule has 0 radical (unpaired) electrons. The van der Waals surface area contributed by atoms with Crippen LogP contribution in [0.2, 0.25) is 0 Å². The zero-order valence-electron chi connectivity index (χ0n) is 15.8. The van der Waals surface area contributed by atoms with E-state index in [1.807, 2.05) is 6.92 Å². The van der Waals surface area contributed by atoms with Crippen molar-refractivity contribution >= 4 is 17.7 Å². The van der Waals surface area contributed by atoms with Crippen LogP contribution in [0.4, 0.5) is 11.8 Å². The van der Waals surface area contributed by atoms with E-state index in [0.717, 1.165) is 26.1 Å². The van der Waals surface area contributed by atoms with E-state index in [2.05, 4.69) is 14.8 Å². The predicted molar refractivity (Wildman–Crippen MR) is 98.0 cm³/mol. The van der Waals surface area contributed by atoms with Gasteiger partial charge in [0.05, 0.1) is 24.7 Å². The molecule has 1 unspecified atom stereocenters. The molecule has 1 atom stereocenters. The van der Waals surface area contributed by atoms with Crippen LogP contribution in [-0.4, -0.2) is 73.1 Å². The molecule has 0 aliphatic carbocycles. The molecule has 2 fully saturated rings. The Bertz CT molecular complexity index is 646. The van der Waals surface area contributed by atoms with E-state index >= 15 is 0 Å². The van der Waals surface area contributed by atoms with Gasteiger partial charge in [-0.1, -0.05) is 0 Å². The first-order valence-corrected chi connectivity index (χ1v) is 9.19. The summed E-state index contributed by atoms with van der Waals surface area (Å²) in [5, 5.41) is 9.68. The maximum atomic E-state index is 11.8. The Kier molecular flexibility index (Phi) is 5.62. The van der Waals surface area contributed by atoms with E-state index in [4.69, 9.17) is 14.5 Å². The average molecular weight is 364 g/mol. The maximum absolute atomic E-state index is 11.8. The molecule has 2 aliphatic rings. The SMILES string of the molecule is CC1CN(c2ncc(C(C)(C)C(=O)O)c(N3CCOCC3)n2)CCCO1. The van der Waals surface area contributed by atoms with Crippen molar-refractivity contribution in [3.05, 3.63) is 11.8 Å². The number of carboxylic acids is 1. The molecule has 1 N–H and O–H groups in total. The number of hydrogen-bond acceptors (Lipinski definition) is 7. The molecule has 1 aromatic rings. The van der Waals surface area contributed by atoms with Gasteiger partial charge in [-0.3, -0.25) is 4.79 Å². The van der Waals surface area contributed by atoms with Crippen LogP contribution in [0.1, 0.15) is 32.8 Å². The van der Waals surface area contributed by atoms with Crippen molar-refractivity contribution in [1.82, 2.24) is 9.97 Å². The van der Waals surface area contributed by atoms with Gasteiger partial charge in [0.2, 0.25) is 5.95 Å². The monoisotopic (exact) mass is 364 g/mol. The van der Waals surface area contributed by atoms with Gasteiger partial charge in [0.15, 0.2) is 0 Å². The molecule has 0 bridgehead atoms. The number of carboxylic acid groups (broad SMARTS) is 1. The third kappa shape index (κ3) is 3.91. The minimum Gasteiger partial charge on any atom is -0.481 e. The number of ether oxygens (including phenoxy) is 2. The Hall–Kier alpha value is -1.93. The molecule has 0 amide bonds. The molecule has 3 heterocycles. The van der Waals surface area contributed by atoms with Crippen molar-refractivity contribution in [1.29, 1.82) is 0 Å². The first-order valence-electron chi connectivity index (χ1n) is 9.19. The predicted octanol–water partition coefficient (Wildman–Crippen LogP) is 1.29. The normalized spacial score (nSPS) is 22.2. The van der Waals surface area contributed by atoms with Crippen molar-refractivity contribution in [2.75, 3.05) is 55.8 Å². The lowest BCUT2D eigenvalue weighted by Gasteiger charge is -2.33. The lowest BCUT2D eigenvalue weighted by atomic mass is 9.85. The van der Waals surface area contributed by atoms with E-state index in [1.165, 1.54) is 0 Å². The van der Waals surface area contributed by atoms with Crippen molar-refractivity contribution in [3.8, 4) is 0 Å². The zero-order chi connectivity index (χ0) is 18.7. The lowest BCUT2D eigenvalue weighted by molar-refractivity contribution is -0.142. The van der Waals surface area contributed by atoms with Crippen molar-refractivity contribution in [2.24, 2.45) is 0 Å². The fourth-order valence-electron chi connectivity index (χ4n) is 3.26. The Balaban J connectivity index is 1.99. The largest absolute Gasteiger partial charge is 0.481 e. The van der Waals surface area contributed by atoms with E-state index in [-0.39, 0.29) is 6.10 Å². The van der Waals surface area contributed by atoms with Gasteiger partial charge in [-0.15, -0.1) is 0 Å². The fourth-order valence-corrected chi connectivity index (χ4v) is 3.26. The van der Waals surface area contributed by atoms with Crippen LogP contribution < -0.4 is 9.80 Å². The van der Waals surface area contributed by atoms with Gasteiger partial charge < -0.3 is 24.4 Å². The standard InChI is InChI=1S/C18H28N4O4/c1-13-12-22(5-4-8-26-13)17-19-11-14(18(2,3)16(23)24)15(20-17)21-6-9-25-10-7-21/h11,13H,4-10,12H2,1-3H3,(H,23,24). The van der Waals surface area contributed by atoms with Crippen LogP contribution in [0.25, 0.3) is 0 Å². The highest BCUT2D eigenvalue weighted by molar-refractivity contribution is 5.82. The highest BCUT2D eigenvalue weighted by Gasteiger charge is 2.35. The van der Waals surface area contributed by atoms with Crippen LogP contribution in [0.3, 0.4) is 0 Å². The highest BCUT2D eigenvalue weighted by atomic mass is 16.5. The molecular formula is C18H28N4O4. The quantitative estimate of drug-likeness (QED) is 0.855. The molecule has 0 aromatic carbocycles. The average Bonchev–Trinajstić information content (AvgIpc) is 2.86. The van der Waals surface area contributed by atoms with Crippen LogP contribution in [-0.2, 0) is 19.7 Å². The van der Waals surface area contributed by atoms with Gasteiger partial charge in [-0.05, 0) is 27.2 Å². The second kappa shape index (κ2) is 7.75. The van der Waals surface area contributed by atoms with Gasteiger partial charge in [0.1, 0.15) is 5.82 Å². The summed E-state index contributed by atoms with van der Waals surface area (Å²) in [7, 11) is 0. The van der Waals surface area contributed by atoms with Crippen LogP contribution in [0.15, 0.2) is 6.20 Å². The molecular weight excluding hydrogens is 336 g/mol. The number of carbonyl (C=O) groups is 1. The Morgan fingerprint density at radius 3 is 2.65 bits per heavy atom. The number of morpholine rings is 1. The molecule has 2 saturated heterocycles. The Labute approximate surface area is 154 Å². The number of rotatable bonds is 4. The van der Waals surface area contributed by atoms with E-state index in [9.17, 15) is 9.90 Å². The van der Waals surface area contributed by atoms with Gasteiger partial charge in [0, 0.05) is 44.5 Å². The Morgan fingerprint density at radius 2 is 1.96 bits per heavy atom. The van der Waals surface area contributed by atoms with Crippen molar-refractivity contribution < 1.29 is 19.4 Å². The lowest BCUT2D eigenvalue weighted by Crippen LogP contribution is -2.40. The second-order valence-corrected chi connectivity index (χ2v) is 7.42. The molecule has 144 valence electrons. The van der Waals surface area contributed by atoms with E-state index < -0.39 is 11.4 Å². The van der Waals surface area contributed by atoms with E-state index in [0.29, 0.717) is 43.6 Å². The first kappa shape index (κ1) is 18.8. The molecule has 0 spiro atoms. The number of aromatic nitrogens is 2. The second-order valence-electron chi connectivity index (χ2n) is 7.42. The third-order valence-corrected chi connectivity index (χ3v) is 5.01. The topological polar surface area (TPSA) is 88.0 Å². The van der Waals surface area contributed by atoms with Crippen molar-refractivity contribution in [3.63, 3.8) is 0 Å². The van der Waals surface area contributed by atoms with Crippen LogP contribution in [0, 0.1) is 0 Å². The molecule has 8 heteroatoms.